The molecule has 1 atom stereocenters. The van der Waals surface area contributed by atoms with E-state index in [4.69, 9.17) is 18.3 Å². The summed E-state index contributed by atoms with van der Waals surface area (Å²) in [6.45, 7) is 1.75. The lowest BCUT2D eigenvalue weighted by atomic mass is 10.2. The van der Waals surface area contributed by atoms with E-state index in [0.29, 0.717) is 11.6 Å². The molecule has 1 N–H and O–H groups in total. The Morgan fingerprint density at radius 2 is 1.96 bits per heavy atom. The topological polar surface area (TPSA) is 117 Å². The number of furan rings is 1. The molecule has 0 saturated heterocycles. The molecule has 0 bridgehead atoms. The molecule has 0 aliphatic rings. The summed E-state index contributed by atoms with van der Waals surface area (Å²) in [6, 6.07) is 10.3. The zero-order valence-corrected chi connectivity index (χ0v) is 15.4. The van der Waals surface area contributed by atoms with Crippen LogP contribution in [0.4, 0.5) is 0 Å². The van der Waals surface area contributed by atoms with E-state index in [1.54, 1.807) is 44.4 Å². The van der Waals surface area contributed by atoms with Crippen molar-refractivity contribution in [3.8, 4) is 17.2 Å². The Morgan fingerprint density at radius 1 is 1.18 bits per heavy atom. The predicted octanol–water partition coefficient (Wildman–Crippen LogP) is 2.76. The highest BCUT2D eigenvalue weighted by Crippen LogP contribution is 2.24. The van der Waals surface area contributed by atoms with Crippen molar-refractivity contribution in [1.82, 2.24) is 15.5 Å². The molecule has 3 aromatic rings. The Balaban J connectivity index is 1.48. The molecule has 0 saturated carbocycles. The number of methoxy groups -OCH3 is 1. The smallest absolute Gasteiger partial charge is 0.308 e. The highest BCUT2D eigenvalue weighted by Gasteiger charge is 2.19. The summed E-state index contributed by atoms with van der Waals surface area (Å²) < 4.78 is 20.9. The van der Waals surface area contributed by atoms with Crippen molar-refractivity contribution in [1.29, 1.82) is 0 Å². The van der Waals surface area contributed by atoms with Crippen LogP contribution in [0.5, 0.6) is 5.75 Å². The van der Waals surface area contributed by atoms with E-state index < -0.39 is 18.0 Å². The van der Waals surface area contributed by atoms with Gasteiger partial charge in [0, 0.05) is 12.1 Å². The monoisotopic (exact) mass is 385 g/mol. The maximum atomic E-state index is 11.9. The lowest BCUT2D eigenvalue weighted by Gasteiger charge is -2.09. The van der Waals surface area contributed by atoms with Gasteiger partial charge in [0.15, 0.2) is 11.9 Å². The number of ether oxygens (including phenoxy) is 2. The molecule has 9 heteroatoms. The average Bonchev–Trinajstić information content (AvgIpc) is 3.40. The van der Waals surface area contributed by atoms with Gasteiger partial charge in [-0.05, 0) is 43.3 Å². The van der Waals surface area contributed by atoms with Crippen LogP contribution in [0.1, 0.15) is 35.9 Å². The van der Waals surface area contributed by atoms with Crippen LogP contribution in [0.3, 0.4) is 0 Å². The van der Waals surface area contributed by atoms with Crippen molar-refractivity contribution < 1.29 is 27.9 Å². The Kier molecular flexibility index (Phi) is 6.05. The average molecular weight is 385 g/mol. The molecule has 2 heterocycles. The van der Waals surface area contributed by atoms with Crippen molar-refractivity contribution in [3.05, 3.63) is 54.3 Å². The molecule has 1 aromatic carbocycles. The van der Waals surface area contributed by atoms with Crippen LogP contribution >= 0.6 is 0 Å². The number of carbonyl (C=O) groups excluding carboxylic acids is 2. The van der Waals surface area contributed by atoms with Gasteiger partial charge in [-0.1, -0.05) is 0 Å². The Hall–Kier alpha value is -3.62. The quantitative estimate of drug-likeness (QED) is 0.588. The van der Waals surface area contributed by atoms with Gasteiger partial charge in [0.2, 0.25) is 5.89 Å². The molecule has 1 amide bonds. The molecule has 146 valence electrons. The minimum absolute atomic E-state index is 0.00371. The van der Waals surface area contributed by atoms with E-state index >= 15 is 0 Å². The van der Waals surface area contributed by atoms with Gasteiger partial charge in [-0.25, -0.2) is 0 Å². The maximum Gasteiger partial charge on any atom is 0.308 e. The Morgan fingerprint density at radius 3 is 2.64 bits per heavy atom. The van der Waals surface area contributed by atoms with Gasteiger partial charge in [0.25, 0.3) is 11.8 Å². The van der Waals surface area contributed by atoms with Gasteiger partial charge in [-0.15, -0.1) is 10.2 Å². The van der Waals surface area contributed by atoms with Gasteiger partial charge in [0.1, 0.15) is 5.75 Å². The number of carbonyl (C=O) groups is 2. The van der Waals surface area contributed by atoms with Crippen molar-refractivity contribution in [2.45, 2.75) is 19.4 Å². The first kappa shape index (κ1) is 19.2. The zero-order chi connectivity index (χ0) is 19.9. The fourth-order valence-corrected chi connectivity index (χ4v) is 2.33. The first-order chi connectivity index (χ1) is 13.6. The van der Waals surface area contributed by atoms with Crippen LogP contribution in [0.25, 0.3) is 11.5 Å². The molecular formula is C19H19N3O6. The summed E-state index contributed by atoms with van der Waals surface area (Å²) in [5.74, 6) is 0.483. The number of benzene rings is 1. The summed E-state index contributed by atoms with van der Waals surface area (Å²) in [5, 5.41) is 10.5. The third-order valence-electron chi connectivity index (χ3n) is 3.79. The largest absolute Gasteiger partial charge is 0.497 e. The molecule has 0 aliphatic carbocycles. The first-order valence-corrected chi connectivity index (χ1v) is 8.56. The molecule has 0 aliphatic heterocycles. The lowest BCUT2D eigenvalue weighted by molar-refractivity contribution is -0.149. The SMILES string of the molecule is COc1ccc(-c2nnc([C@H](C)OC(=O)CCNC(=O)c3ccco3)o2)cc1. The van der Waals surface area contributed by atoms with E-state index in [1.807, 2.05) is 0 Å². The maximum absolute atomic E-state index is 11.9. The molecule has 0 unspecified atom stereocenters. The molecule has 9 nitrogen and oxygen atoms in total. The lowest BCUT2D eigenvalue weighted by Crippen LogP contribution is -2.26. The molecule has 0 spiro atoms. The minimum atomic E-state index is -0.715. The summed E-state index contributed by atoms with van der Waals surface area (Å²) in [7, 11) is 1.58. The fourth-order valence-electron chi connectivity index (χ4n) is 2.33. The zero-order valence-electron chi connectivity index (χ0n) is 15.4. The van der Waals surface area contributed by atoms with Gasteiger partial charge in [0.05, 0.1) is 19.8 Å². The Labute approximate surface area is 160 Å². The van der Waals surface area contributed by atoms with E-state index in [1.165, 1.54) is 12.3 Å². The van der Waals surface area contributed by atoms with Crippen molar-refractivity contribution in [2.75, 3.05) is 13.7 Å². The standard InChI is InChI=1S/C19H19N3O6/c1-12(27-16(23)9-10-20-17(24)15-4-3-11-26-15)18-21-22-19(28-18)13-5-7-14(25-2)8-6-13/h3-8,11-12H,9-10H2,1-2H3,(H,20,24)/t12-/m0/s1. The van der Waals surface area contributed by atoms with Crippen LogP contribution < -0.4 is 10.1 Å². The number of aromatic nitrogens is 2. The summed E-state index contributed by atoms with van der Waals surface area (Å²) in [5.41, 5.74) is 0.721. The number of nitrogens with one attached hydrogen (secondary N) is 1. The summed E-state index contributed by atoms with van der Waals surface area (Å²) in [4.78, 5) is 23.7. The second kappa shape index (κ2) is 8.85. The summed E-state index contributed by atoms with van der Waals surface area (Å²) in [6.07, 6.45) is 0.680. The second-order valence-electron chi connectivity index (χ2n) is 5.79. The predicted molar refractivity (Wildman–Crippen MR) is 96.5 cm³/mol. The Bertz CT molecular complexity index is 918. The van der Waals surface area contributed by atoms with E-state index in [0.717, 1.165) is 5.56 Å². The third kappa shape index (κ3) is 4.76. The van der Waals surface area contributed by atoms with E-state index in [9.17, 15) is 9.59 Å². The number of esters is 1. The van der Waals surface area contributed by atoms with Gasteiger partial charge >= 0.3 is 5.97 Å². The molecular weight excluding hydrogens is 366 g/mol. The van der Waals surface area contributed by atoms with Gasteiger partial charge in [-0.2, -0.15) is 0 Å². The second-order valence-corrected chi connectivity index (χ2v) is 5.79. The minimum Gasteiger partial charge on any atom is -0.497 e. The van der Waals surface area contributed by atoms with Crippen molar-refractivity contribution in [2.24, 2.45) is 0 Å². The number of hydrogen-bond acceptors (Lipinski definition) is 8. The van der Waals surface area contributed by atoms with Crippen LogP contribution in [0, 0.1) is 0 Å². The highest BCUT2D eigenvalue weighted by molar-refractivity contribution is 5.91. The van der Waals surface area contributed by atoms with Crippen LogP contribution in [0.15, 0.2) is 51.5 Å². The van der Waals surface area contributed by atoms with E-state index in [-0.39, 0.29) is 24.6 Å². The normalized spacial score (nSPS) is 11.6. The van der Waals surface area contributed by atoms with Crippen LogP contribution in [0.2, 0.25) is 0 Å². The van der Waals surface area contributed by atoms with Crippen molar-refractivity contribution >= 4 is 11.9 Å². The molecule has 28 heavy (non-hydrogen) atoms. The third-order valence-corrected chi connectivity index (χ3v) is 3.79. The molecule has 0 fully saturated rings. The highest BCUT2D eigenvalue weighted by atomic mass is 16.6. The number of rotatable bonds is 8. The van der Waals surface area contributed by atoms with Crippen molar-refractivity contribution in [3.63, 3.8) is 0 Å². The fraction of sp³-hybridized carbons (Fsp3) is 0.263. The number of hydrogen-bond donors (Lipinski definition) is 1. The number of amides is 1. The van der Waals surface area contributed by atoms with Gasteiger partial charge in [-0.3, -0.25) is 9.59 Å². The molecule has 0 radical (unpaired) electrons. The van der Waals surface area contributed by atoms with Crippen LogP contribution in [-0.2, 0) is 9.53 Å². The molecule has 2 aromatic heterocycles. The first-order valence-electron chi connectivity index (χ1n) is 8.56. The number of nitrogens with zero attached hydrogens (tertiary/aromatic N) is 2. The van der Waals surface area contributed by atoms with Gasteiger partial charge < -0.3 is 23.6 Å². The summed E-state index contributed by atoms with van der Waals surface area (Å²) >= 11 is 0. The van der Waals surface area contributed by atoms with E-state index in [2.05, 4.69) is 15.5 Å². The van der Waals surface area contributed by atoms with Crippen LogP contribution in [-0.4, -0.2) is 35.7 Å². The molecule has 3 rings (SSSR count).